The van der Waals surface area contributed by atoms with Crippen LogP contribution in [0, 0.1) is 11.6 Å². The molecular formula is C12H6BrClF2OS. The van der Waals surface area contributed by atoms with Crippen LogP contribution in [0.2, 0.25) is 5.02 Å². The van der Waals surface area contributed by atoms with Crippen molar-refractivity contribution in [2.24, 2.45) is 0 Å². The molecule has 0 radical (unpaired) electrons. The van der Waals surface area contributed by atoms with Crippen LogP contribution in [-0.2, 0) is 6.42 Å². The molecule has 1 nitrogen and oxygen atoms in total. The van der Waals surface area contributed by atoms with Crippen LogP contribution in [-0.4, -0.2) is 5.78 Å². The molecule has 0 aliphatic rings. The summed E-state index contributed by atoms with van der Waals surface area (Å²) in [6, 6.07) is 5.29. The minimum atomic E-state index is -0.979. The summed E-state index contributed by atoms with van der Waals surface area (Å²) in [5.74, 6) is -2.23. The minimum absolute atomic E-state index is 0.0423. The van der Waals surface area contributed by atoms with Crippen LogP contribution >= 0.6 is 38.9 Å². The molecule has 0 saturated carbocycles. The van der Waals surface area contributed by atoms with E-state index in [9.17, 15) is 13.6 Å². The van der Waals surface area contributed by atoms with E-state index < -0.39 is 11.6 Å². The van der Waals surface area contributed by atoms with Gasteiger partial charge in [-0.05, 0) is 33.6 Å². The Bertz CT molecular complexity index is 593. The number of thiophene rings is 1. The molecule has 0 atom stereocenters. The summed E-state index contributed by atoms with van der Waals surface area (Å²) in [6.07, 6.45) is -0.188. The zero-order chi connectivity index (χ0) is 13.3. The zero-order valence-corrected chi connectivity index (χ0v) is 12.0. The highest BCUT2D eigenvalue weighted by atomic mass is 79.9. The maximum absolute atomic E-state index is 13.4. The Labute approximate surface area is 120 Å². The highest BCUT2D eigenvalue weighted by molar-refractivity contribution is 9.11. The average Bonchev–Trinajstić information content (AvgIpc) is 2.66. The van der Waals surface area contributed by atoms with E-state index >= 15 is 0 Å². The summed E-state index contributed by atoms with van der Waals surface area (Å²) in [4.78, 5) is 12.3. The normalized spacial score (nSPS) is 10.7. The Balaban J connectivity index is 2.24. The van der Waals surface area contributed by atoms with Gasteiger partial charge < -0.3 is 0 Å². The third-order valence-corrected chi connectivity index (χ3v) is 4.82. The van der Waals surface area contributed by atoms with Gasteiger partial charge in [0, 0.05) is 6.42 Å². The monoisotopic (exact) mass is 350 g/mol. The van der Waals surface area contributed by atoms with E-state index in [0.29, 0.717) is 13.7 Å². The molecular weight excluding hydrogens is 346 g/mol. The van der Waals surface area contributed by atoms with Crippen molar-refractivity contribution in [3.8, 4) is 0 Å². The van der Waals surface area contributed by atoms with Gasteiger partial charge in [0.15, 0.2) is 17.4 Å². The molecule has 6 heteroatoms. The summed E-state index contributed by atoms with van der Waals surface area (Å²) in [6.45, 7) is 0. The largest absolute Gasteiger partial charge is 0.293 e. The van der Waals surface area contributed by atoms with Gasteiger partial charge in [-0.3, -0.25) is 4.79 Å². The Hall–Kier alpha value is -0.780. The van der Waals surface area contributed by atoms with Gasteiger partial charge >= 0.3 is 0 Å². The second-order valence-electron chi connectivity index (χ2n) is 3.55. The minimum Gasteiger partial charge on any atom is -0.293 e. The third kappa shape index (κ3) is 2.79. The van der Waals surface area contributed by atoms with Gasteiger partial charge in [-0.25, -0.2) is 8.78 Å². The molecule has 2 aromatic rings. The lowest BCUT2D eigenvalue weighted by Gasteiger charge is -2.01. The highest BCUT2D eigenvalue weighted by Gasteiger charge is 2.16. The molecule has 0 aliphatic carbocycles. The predicted molar refractivity (Wildman–Crippen MR) is 71.4 cm³/mol. The van der Waals surface area contributed by atoms with Crippen molar-refractivity contribution in [2.75, 3.05) is 0 Å². The molecule has 1 aromatic carbocycles. The Morgan fingerprint density at radius 3 is 2.72 bits per heavy atom. The lowest BCUT2D eigenvalue weighted by Crippen LogP contribution is -2.04. The molecule has 2 rings (SSSR count). The second-order valence-corrected chi connectivity index (χ2v) is 6.32. The van der Waals surface area contributed by atoms with Crippen LogP contribution in [0.5, 0.6) is 0 Å². The molecule has 0 amide bonds. The van der Waals surface area contributed by atoms with Gasteiger partial charge in [-0.15, -0.1) is 11.3 Å². The van der Waals surface area contributed by atoms with Gasteiger partial charge in [0.1, 0.15) is 0 Å². The van der Waals surface area contributed by atoms with Crippen LogP contribution in [0.25, 0.3) is 0 Å². The molecule has 0 bridgehead atoms. The van der Waals surface area contributed by atoms with Gasteiger partial charge in [-0.1, -0.05) is 23.7 Å². The van der Waals surface area contributed by atoms with Crippen molar-refractivity contribution in [3.05, 3.63) is 55.1 Å². The first kappa shape index (κ1) is 13.6. The predicted octanol–water partition coefficient (Wildman–Crippen LogP) is 4.87. The maximum Gasteiger partial charge on any atom is 0.177 e. The molecule has 0 spiro atoms. The maximum atomic E-state index is 13.4. The number of hydrogen-bond acceptors (Lipinski definition) is 2. The zero-order valence-electron chi connectivity index (χ0n) is 8.84. The fourth-order valence-corrected chi connectivity index (χ4v) is 3.07. The fourth-order valence-electron chi connectivity index (χ4n) is 1.43. The topological polar surface area (TPSA) is 17.1 Å². The van der Waals surface area contributed by atoms with Crippen LogP contribution in [0.1, 0.15) is 15.2 Å². The first-order chi connectivity index (χ1) is 8.49. The molecule has 0 saturated heterocycles. The fraction of sp³-hybridized carbons (Fsp3) is 0.0833. The van der Waals surface area contributed by atoms with E-state index in [2.05, 4.69) is 15.9 Å². The number of benzene rings is 1. The Morgan fingerprint density at radius 2 is 2.11 bits per heavy atom. The lowest BCUT2D eigenvalue weighted by molar-refractivity contribution is 0.0995. The van der Waals surface area contributed by atoms with Gasteiger partial charge in [-0.2, -0.15) is 0 Å². The average molecular weight is 352 g/mol. The summed E-state index contributed by atoms with van der Waals surface area (Å²) in [5, 5.41) is 0.433. The number of Topliss-reactive ketones (excluding diaryl/α,β-unsaturated/α-hetero) is 1. The van der Waals surface area contributed by atoms with Crippen LogP contribution in [0.4, 0.5) is 8.78 Å². The van der Waals surface area contributed by atoms with Crippen molar-refractivity contribution < 1.29 is 13.6 Å². The standard InChI is InChI=1S/C12H6BrClF2OS/c13-12-7(14)5-10(18-12)9(17)4-6-2-1-3-8(15)11(6)16/h1-3,5H,4H2. The van der Waals surface area contributed by atoms with E-state index in [-0.39, 0.29) is 17.8 Å². The molecule has 0 aliphatic heterocycles. The highest BCUT2D eigenvalue weighted by Crippen LogP contribution is 2.32. The quantitative estimate of drug-likeness (QED) is 0.721. The summed E-state index contributed by atoms with van der Waals surface area (Å²) in [7, 11) is 0. The van der Waals surface area contributed by atoms with Crippen molar-refractivity contribution in [1.29, 1.82) is 0 Å². The summed E-state index contributed by atoms with van der Waals surface area (Å²) < 4.78 is 27.0. The number of ketones is 1. The number of rotatable bonds is 3. The Kier molecular flexibility index (Phi) is 4.14. The molecule has 0 unspecified atom stereocenters. The third-order valence-electron chi connectivity index (χ3n) is 2.30. The molecule has 0 fully saturated rings. The van der Waals surface area contributed by atoms with Crippen LogP contribution in [0.15, 0.2) is 28.1 Å². The van der Waals surface area contributed by atoms with E-state index in [1.54, 1.807) is 0 Å². The van der Waals surface area contributed by atoms with E-state index in [1.165, 1.54) is 29.5 Å². The van der Waals surface area contributed by atoms with Crippen molar-refractivity contribution in [1.82, 2.24) is 0 Å². The van der Waals surface area contributed by atoms with E-state index in [0.717, 1.165) is 6.07 Å². The molecule has 94 valence electrons. The van der Waals surface area contributed by atoms with Crippen LogP contribution in [0.3, 0.4) is 0 Å². The van der Waals surface area contributed by atoms with E-state index in [4.69, 9.17) is 11.6 Å². The number of halogens is 4. The first-order valence-corrected chi connectivity index (χ1v) is 6.88. The molecule has 0 N–H and O–H groups in total. The smallest absolute Gasteiger partial charge is 0.177 e. The van der Waals surface area contributed by atoms with Crippen molar-refractivity contribution >= 4 is 44.7 Å². The summed E-state index contributed by atoms with van der Waals surface area (Å²) >= 11 is 10.2. The first-order valence-electron chi connectivity index (χ1n) is 4.90. The molecule has 1 aromatic heterocycles. The van der Waals surface area contributed by atoms with Crippen LogP contribution < -0.4 is 0 Å². The van der Waals surface area contributed by atoms with Crippen molar-refractivity contribution in [2.45, 2.75) is 6.42 Å². The van der Waals surface area contributed by atoms with Gasteiger partial charge in [0.25, 0.3) is 0 Å². The van der Waals surface area contributed by atoms with E-state index in [1.807, 2.05) is 0 Å². The number of hydrogen-bond donors (Lipinski definition) is 0. The molecule has 18 heavy (non-hydrogen) atoms. The second kappa shape index (κ2) is 5.47. The SMILES string of the molecule is O=C(Cc1cccc(F)c1F)c1cc(Cl)c(Br)s1. The lowest BCUT2D eigenvalue weighted by atomic mass is 10.1. The summed E-state index contributed by atoms with van der Waals surface area (Å²) in [5.41, 5.74) is 0.0423. The van der Waals surface area contributed by atoms with Gasteiger partial charge in [0.2, 0.25) is 0 Å². The number of carbonyl (C=O) groups excluding carboxylic acids is 1. The van der Waals surface area contributed by atoms with Gasteiger partial charge in [0.05, 0.1) is 13.7 Å². The number of carbonyl (C=O) groups is 1. The molecule has 1 heterocycles. The van der Waals surface area contributed by atoms with Crippen molar-refractivity contribution in [3.63, 3.8) is 0 Å². The Morgan fingerprint density at radius 1 is 1.39 bits per heavy atom.